The molecule has 6 heteroatoms. The summed E-state index contributed by atoms with van der Waals surface area (Å²) in [6.07, 6.45) is 4.86. The molecule has 1 aromatic rings. The van der Waals surface area contributed by atoms with Gasteiger partial charge < -0.3 is 9.88 Å². The molecule has 1 aromatic heterocycles. The first-order valence-electron chi connectivity index (χ1n) is 6.19. The molecule has 1 unspecified atom stereocenters. The molecule has 5 nitrogen and oxygen atoms in total. The van der Waals surface area contributed by atoms with Crippen LogP contribution < -0.4 is 5.32 Å². The number of aromatic nitrogens is 2. The molecule has 1 heterocycles. The zero-order chi connectivity index (χ0) is 14.0. The molecule has 0 aromatic carbocycles. The van der Waals surface area contributed by atoms with Gasteiger partial charge in [-0.2, -0.15) is 0 Å². The van der Waals surface area contributed by atoms with Gasteiger partial charge in [-0.1, -0.05) is 6.92 Å². The van der Waals surface area contributed by atoms with Gasteiger partial charge in [0, 0.05) is 25.2 Å². The van der Waals surface area contributed by atoms with E-state index in [1.54, 1.807) is 20.0 Å². The van der Waals surface area contributed by atoms with E-state index >= 15 is 0 Å². The molecule has 0 aliphatic carbocycles. The Bertz CT molecular complexity index is 491. The van der Waals surface area contributed by atoms with Crippen LogP contribution in [0.2, 0.25) is 0 Å². The molecule has 0 fully saturated rings. The maximum atomic E-state index is 12.0. The molecule has 0 saturated heterocycles. The van der Waals surface area contributed by atoms with Crippen LogP contribution in [0.4, 0.5) is 0 Å². The highest BCUT2D eigenvalue weighted by Gasteiger charge is 2.41. The molecule has 0 aliphatic heterocycles. The predicted molar refractivity (Wildman–Crippen MR) is 73.2 cm³/mol. The zero-order valence-corrected chi connectivity index (χ0v) is 12.6. The first kappa shape index (κ1) is 15.2. The highest BCUT2D eigenvalue weighted by Crippen LogP contribution is 2.31. The van der Waals surface area contributed by atoms with E-state index in [1.807, 2.05) is 24.6 Å². The third kappa shape index (κ3) is 2.75. The van der Waals surface area contributed by atoms with Crippen molar-refractivity contribution in [3.8, 4) is 0 Å². The molecular weight excluding hydrogens is 250 g/mol. The first-order valence-corrected chi connectivity index (χ1v) is 8.08. The summed E-state index contributed by atoms with van der Waals surface area (Å²) < 4.78 is 25.0. The molecular formula is C12H23N3O2S. The van der Waals surface area contributed by atoms with Gasteiger partial charge in [-0.05, 0) is 27.3 Å². The highest BCUT2D eigenvalue weighted by atomic mass is 32.2. The van der Waals surface area contributed by atoms with E-state index in [-0.39, 0.29) is 6.04 Å². The van der Waals surface area contributed by atoms with Crippen LogP contribution in [0.3, 0.4) is 0 Å². The van der Waals surface area contributed by atoms with Crippen molar-refractivity contribution in [1.29, 1.82) is 0 Å². The Labute approximate surface area is 110 Å². The lowest BCUT2D eigenvalue weighted by Gasteiger charge is -2.33. The van der Waals surface area contributed by atoms with Crippen molar-refractivity contribution in [3.05, 3.63) is 18.2 Å². The van der Waals surface area contributed by atoms with Crippen LogP contribution in [0.25, 0.3) is 0 Å². The van der Waals surface area contributed by atoms with Gasteiger partial charge in [-0.25, -0.2) is 13.4 Å². The van der Waals surface area contributed by atoms with E-state index in [4.69, 9.17) is 0 Å². The van der Waals surface area contributed by atoms with Crippen LogP contribution in [0.5, 0.6) is 0 Å². The lowest BCUT2D eigenvalue weighted by atomic mass is 10.0. The van der Waals surface area contributed by atoms with Crippen LogP contribution in [-0.4, -0.2) is 35.5 Å². The third-order valence-corrected chi connectivity index (χ3v) is 5.55. The van der Waals surface area contributed by atoms with Crippen molar-refractivity contribution in [2.75, 3.05) is 12.8 Å². The summed E-state index contributed by atoms with van der Waals surface area (Å²) in [6.45, 7) is 8.93. The molecule has 0 radical (unpaired) electrons. The Morgan fingerprint density at radius 1 is 1.44 bits per heavy atom. The summed E-state index contributed by atoms with van der Waals surface area (Å²) in [5.41, 5.74) is 0. The summed E-state index contributed by atoms with van der Waals surface area (Å²) >= 11 is 0. The fourth-order valence-corrected chi connectivity index (χ4v) is 2.53. The molecule has 104 valence electrons. The van der Waals surface area contributed by atoms with Gasteiger partial charge in [0.15, 0.2) is 9.84 Å². The quantitative estimate of drug-likeness (QED) is 0.850. The number of sulfone groups is 1. The molecule has 18 heavy (non-hydrogen) atoms. The van der Waals surface area contributed by atoms with Gasteiger partial charge in [-0.15, -0.1) is 0 Å². The van der Waals surface area contributed by atoms with Crippen LogP contribution in [0.15, 0.2) is 12.4 Å². The van der Waals surface area contributed by atoms with Crippen molar-refractivity contribution in [2.24, 2.45) is 0 Å². The molecule has 0 saturated carbocycles. The number of imidazole rings is 1. The van der Waals surface area contributed by atoms with E-state index in [9.17, 15) is 8.42 Å². The van der Waals surface area contributed by atoms with Crippen molar-refractivity contribution in [2.45, 2.75) is 45.0 Å². The molecule has 0 amide bonds. The van der Waals surface area contributed by atoms with Crippen molar-refractivity contribution in [1.82, 2.24) is 14.9 Å². The Hall–Kier alpha value is -0.880. The minimum atomic E-state index is -3.19. The van der Waals surface area contributed by atoms with E-state index < -0.39 is 14.6 Å². The minimum Gasteiger partial charge on any atom is -0.334 e. The monoisotopic (exact) mass is 273 g/mol. The third-order valence-electron chi connectivity index (χ3n) is 3.41. The first-order chi connectivity index (χ1) is 8.25. The van der Waals surface area contributed by atoms with Gasteiger partial charge in [-0.3, -0.25) is 0 Å². The Morgan fingerprint density at radius 2 is 2.06 bits per heavy atom. The average Bonchev–Trinajstić information content (AvgIpc) is 2.71. The summed E-state index contributed by atoms with van der Waals surface area (Å²) in [6, 6.07) is -0.313. The highest BCUT2D eigenvalue weighted by molar-refractivity contribution is 7.92. The van der Waals surface area contributed by atoms with Crippen molar-refractivity contribution >= 4 is 9.84 Å². The second-order valence-electron chi connectivity index (χ2n) is 4.94. The average molecular weight is 273 g/mol. The summed E-state index contributed by atoms with van der Waals surface area (Å²) in [7, 11) is -3.19. The van der Waals surface area contributed by atoms with E-state index in [2.05, 4.69) is 10.3 Å². The lowest BCUT2D eigenvalue weighted by molar-refractivity contribution is 0.399. The molecule has 0 spiro atoms. The van der Waals surface area contributed by atoms with Gasteiger partial charge >= 0.3 is 0 Å². The molecule has 0 bridgehead atoms. The SMILES string of the molecule is CCNC(c1nccn1CC)C(C)(C)S(C)(=O)=O. The Kier molecular flexibility index (Phi) is 4.55. The van der Waals surface area contributed by atoms with Crippen LogP contribution in [0, 0.1) is 0 Å². The Balaban J connectivity index is 3.27. The molecule has 0 aliphatic rings. The minimum absolute atomic E-state index is 0.313. The topological polar surface area (TPSA) is 64.0 Å². The van der Waals surface area contributed by atoms with Gasteiger partial charge in [0.05, 0.1) is 10.8 Å². The molecule has 1 atom stereocenters. The van der Waals surface area contributed by atoms with E-state index in [0.717, 1.165) is 12.4 Å². The van der Waals surface area contributed by atoms with Crippen LogP contribution >= 0.6 is 0 Å². The maximum Gasteiger partial charge on any atom is 0.154 e. The standard InChI is InChI=1S/C12H23N3O2S/c1-6-13-10(12(3,4)18(5,16)17)11-14-8-9-15(11)7-2/h8-10,13H,6-7H2,1-5H3. The van der Waals surface area contributed by atoms with Gasteiger partial charge in [0.1, 0.15) is 5.82 Å². The summed E-state index contributed by atoms with van der Waals surface area (Å²) in [4.78, 5) is 4.32. The van der Waals surface area contributed by atoms with Gasteiger partial charge in [0.2, 0.25) is 0 Å². The van der Waals surface area contributed by atoms with Crippen molar-refractivity contribution < 1.29 is 8.42 Å². The maximum absolute atomic E-state index is 12.0. The van der Waals surface area contributed by atoms with Gasteiger partial charge in [0.25, 0.3) is 0 Å². The second kappa shape index (κ2) is 5.40. The largest absolute Gasteiger partial charge is 0.334 e. The number of nitrogens with one attached hydrogen (secondary N) is 1. The van der Waals surface area contributed by atoms with E-state index in [1.165, 1.54) is 6.26 Å². The zero-order valence-electron chi connectivity index (χ0n) is 11.8. The van der Waals surface area contributed by atoms with E-state index in [0.29, 0.717) is 6.54 Å². The number of rotatable bonds is 6. The Morgan fingerprint density at radius 3 is 2.50 bits per heavy atom. The molecule has 1 rings (SSSR count). The summed E-state index contributed by atoms with van der Waals surface area (Å²) in [5, 5.41) is 3.24. The smallest absolute Gasteiger partial charge is 0.154 e. The lowest BCUT2D eigenvalue weighted by Crippen LogP contribution is -2.46. The molecule has 1 N–H and O–H groups in total. The fourth-order valence-electron chi connectivity index (χ4n) is 1.91. The van der Waals surface area contributed by atoms with Crippen LogP contribution in [-0.2, 0) is 16.4 Å². The fraction of sp³-hybridized carbons (Fsp3) is 0.750. The second-order valence-corrected chi connectivity index (χ2v) is 7.53. The number of aryl methyl sites for hydroxylation is 1. The van der Waals surface area contributed by atoms with Crippen molar-refractivity contribution in [3.63, 3.8) is 0 Å². The summed E-state index contributed by atoms with van der Waals surface area (Å²) in [5.74, 6) is 0.773. The van der Waals surface area contributed by atoms with Crippen LogP contribution in [0.1, 0.15) is 39.6 Å². The number of hydrogen-bond donors (Lipinski definition) is 1. The number of nitrogens with zero attached hydrogens (tertiary/aromatic N) is 2. The predicted octanol–water partition coefficient (Wildman–Crippen LogP) is 1.38. The normalized spacial score (nSPS) is 14.7. The number of hydrogen-bond acceptors (Lipinski definition) is 4.